The lowest BCUT2D eigenvalue weighted by Crippen LogP contribution is -2.43. The number of carbonyl (C=O) groups excluding carboxylic acids is 3. The Kier molecular flexibility index (Phi) is 16.1. The Hall–Kier alpha value is -14.8. The van der Waals surface area contributed by atoms with Crippen LogP contribution in [0.4, 0.5) is 16.2 Å². The number of ether oxygens (including phenoxy) is 2. The van der Waals surface area contributed by atoms with Crippen LogP contribution in [0.15, 0.2) is 279 Å². The first kappa shape index (κ1) is 64.0. The maximum atomic E-state index is 14.4. The molecule has 0 unspecified atom stereocenters. The molecule has 2 atom stereocenters. The van der Waals surface area contributed by atoms with E-state index in [1.807, 2.05) is 158 Å². The fourth-order valence-corrected chi connectivity index (χ4v) is 15.1. The van der Waals surface area contributed by atoms with Crippen LogP contribution in [0, 0.1) is 0 Å². The summed E-state index contributed by atoms with van der Waals surface area (Å²) in [6.07, 6.45) is 12.0. The van der Waals surface area contributed by atoms with Crippen molar-refractivity contribution in [1.82, 2.24) is 39.9 Å². The van der Waals surface area contributed by atoms with E-state index in [9.17, 15) is 14.4 Å². The summed E-state index contributed by atoms with van der Waals surface area (Å²) in [7, 11) is 0. The number of nitrogens with zero attached hydrogens (tertiary/aromatic N) is 4. The minimum Gasteiger partial charge on any atom is -0.416 e. The Labute approximate surface area is 618 Å². The van der Waals surface area contributed by atoms with Crippen molar-refractivity contribution in [3.8, 4) is 89.0 Å². The van der Waals surface area contributed by atoms with E-state index >= 15 is 0 Å². The molecular weight excluding hydrogens is 1340 g/mol. The largest absolute Gasteiger partial charge is 0.510 e. The molecule has 0 saturated carbocycles. The van der Waals surface area contributed by atoms with Crippen molar-refractivity contribution >= 4 is 122 Å². The molecule has 14 aromatic rings. The minimum absolute atomic E-state index is 0.377. The van der Waals surface area contributed by atoms with E-state index in [-0.39, 0.29) is 0 Å². The summed E-state index contributed by atoms with van der Waals surface area (Å²) in [6, 6.07) is 92.9. The van der Waals surface area contributed by atoms with E-state index in [1.54, 1.807) is 24.3 Å². The monoisotopic (exact) mass is 1400 g/mol. The van der Waals surface area contributed by atoms with Crippen LogP contribution in [0.5, 0.6) is 0 Å². The van der Waals surface area contributed by atoms with Gasteiger partial charge in [-0.05, 0) is 166 Å². The highest BCUT2D eigenvalue weighted by atomic mass is 16.8. The van der Waals surface area contributed by atoms with Crippen LogP contribution in [0.3, 0.4) is 0 Å². The number of nitrogens with one attached hydrogen (secondary N) is 6. The molecule has 5 aliphatic heterocycles. The zero-order chi connectivity index (χ0) is 72.2. The summed E-state index contributed by atoms with van der Waals surface area (Å²) >= 11 is 0. The predicted octanol–water partition coefficient (Wildman–Crippen LogP) is 21.4. The first-order valence-electron chi connectivity index (χ1n) is 35.6. The van der Waals surface area contributed by atoms with Gasteiger partial charge in [-0.1, -0.05) is 206 Å². The summed E-state index contributed by atoms with van der Waals surface area (Å²) in [4.78, 5) is 78.8. The molecule has 2 amide bonds. The predicted molar refractivity (Wildman–Crippen MR) is 434 cm³/mol. The van der Waals surface area contributed by atoms with Crippen LogP contribution in [-0.4, -0.2) is 70.0 Å². The van der Waals surface area contributed by atoms with Gasteiger partial charge in [-0.2, -0.15) is 0 Å². The molecule has 11 heterocycles. The van der Waals surface area contributed by atoms with E-state index in [4.69, 9.17) is 29.4 Å². The third-order valence-electron chi connectivity index (χ3n) is 20.0. The molecule has 5 aliphatic rings. The van der Waals surface area contributed by atoms with Gasteiger partial charge in [0.05, 0.1) is 45.6 Å². The second kappa shape index (κ2) is 27.1. The molecule has 0 aliphatic carbocycles. The fraction of sp³-hybridized carbons (Fsp3) is 0.0215. The van der Waals surface area contributed by atoms with Gasteiger partial charge in [-0.15, -0.1) is 0 Å². The summed E-state index contributed by atoms with van der Waals surface area (Å²) in [5, 5.41) is 5.79. The highest BCUT2D eigenvalue weighted by Gasteiger charge is 2.47. The molecule has 16 bridgehead atoms. The number of carbonyl (C=O) groups is 3. The van der Waals surface area contributed by atoms with Crippen LogP contribution in [0.1, 0.15) is 45.6 Å². The van der Waals surface area contributed by atoms with Crippen LogP contribution in [0.2, 0.25) is 0 Å². The average Bonchev–Trinajstić information content (AvgIpc) is 1.61. The Balaban J connectivity index is 0.653. The molecule has 15 nitrogen and oxygen atoms in total. The Morgan fingerprint density at radius 1 is 0.241 bits per heavy atom. The number of amides is 2. The second-order valence-electron chi connectivity index (χ2n) is 26.7. The molecule has 6 N–H and O–H groups in total. The first-order chi connectivity index (χ1) is 53.2. The molecule has 0 radical (unpaired) electrons. The number of hydrogen-bond acceptors (Lipinski definition) is 9. The number of hydrogen-bond donors (Lipinski definition) is 6. The van der Waals surface area contributed by atoms with E-state index in [1.165, 1.54) is 0 Å². The number of benzene rings is 8. The van der Waals surface area contributed by atoms with E-state index in [0.717, 1.165) is 167 Å². The van der Waals surface area contributed by atoms with Crippen molar-refractivity contribution in [3.63, 3.8) is 0 Å². The maximum Gasteiger partial charge on any atom is 0.510 e. The zero-order valence-corrected chi connectivity index (χ0v) is 57.7. The number of cyclic esters (lactones) is 2. The summed E-state index contributed by atoms with van der Waals surface area (Å²) < 4.78 is 10.9. The van der Waals surface area contributed by atoms with Crippen LogP contribution >= 0.6 is 0 Å². The summed E-state index contributed by atoms with van der Waals surface area (Å²) in [5.41, 5.74) is 28.4. The number of rotatable bonds is 12. The number of fused-ring (bicyclic) bond motifs is 16. The standard InChI is InChI=1S/C93H62N10O5/c104-91(94-63-35-31-61(32-36-63)87-77-51-47-73(100-77)83(57-23-11-3-12-24-57)69-43-39-65(96-69)81(55-19-7-1-8-20-55)66-40-44-70(97-66)84(58-25-13-4-14-26-58)74-48-52-78(87)101-74)89-90(108-93(106)107-89)92(105)95-64-37-33-62(34-38-64)88-79-53-49-75(102-79)85(59-27-15-5-16-28-59)71-45-41-67(98-71)82(56-21-9-2-10-22-56)68-42-46-72(99-68)86(60-29-17-6-18-30-60)76-50-54-80(88)103-76/h1-54,89-90,96,98,101,103H,(H,94,104)(H,95,105)/t89-,90-/m1/s1. The van der Waals surface area contributed by atoms with Gasteiger partial charge >= 0.3 is 6.16 Å². The smallest absolute Gasteiger partial charge is 0.416 e. The quantitative estimate of drug-likeness (QED) is 0.0642. The van der Waals surface area contributed by atoms with E-state index in [0.29, 0.717) is 22.8 Å². The van der Waals surface area contributed by atoms with Gasteiger partial charge in [0.1, 0.15) is 0 Å². The lowest BCUT2D eigenvalue weighted by atomic mass is 10.0. The van der Waals surface area contributed by atoms with Gasteiger partial charge < -0.3 is 40.0 Å². The topological polar surface area (TPSA) is 208 Å². The highest BCUT2D eigenvalue weighted by Crippen LogP contribution is 2.43. The molecule has 108 heavy (non-hydrogen) atoms. The van der Waals surface area contributed by atoms with Crippen molar-refractivity contribution in [2.24, 2.45) is 0 Å². The van der Waals surface area contributed by atoms with E-state index < -0.39 is 30.2 Å². The highest BCUT2D eigenvalue weighted by molar-refractivity contribution is 6.07. The lowest BCUT2D eigenvalue weighted by Gasteiger charge is -2.16. The van der Waals surface area contributed by atoms with Gasteiger partial charge in [0, 0.05) is 100 Å². The number of anilines is 2. The van der Waals surface area contributed by atoms with Crippen LogP contribution < -0.4 is 10.6 Å². The molecule has 15 heteroatoms. The average molecular weight is 1400 g/mol. The molecule has 6 aromatic heterocycles. The first-order valence-corrected chi connectivity index (χ1v) is 35.6. The molecule has 1 saturated heterocycles. The van der Waals surface area contributed by atoms with Crippen molar-refractivity contribution in [2.75, 3.05) is 10.6 Å². The van der Waals surface area contributed by atoms with Crippen LogP contribution in [0.25, 0.3) is 182 Å². The van der Waals surface area contributed by atoms with Gasteiger partial charge in [0.25, 0.3) is 11.8 Å². The maximum absolute atomic E-state index is 14.4. The third-order valence-corrected chi connectivity index (χ3v) is 20.0. The molecule has 19 rings (SSSR count). The van der Waals surface area contributed by atoms with Crippen molar-refractivity contribution in [3.05, 3.63) is 325 Å². The zero-order valence-electron chi connectivity index (χ0n) is 57.7. The van der Waals surface area contributed by atoms with Gasteiger partial charge in [-0.3, -0.25) is 9.59 Å². The molecule has 0 spiro atoms. The van der Waals surface area contributed by atoms with Gasteiger partial charge in [0.15, 0.2) is 0 Å². The van der Waals surface area contributed by atoms with Gasteiger partial charge in [-0.25, -0.2) is 24.7 Å². The molecule has 514 valence electrons. The molecule has 1 fully saturated rings. The van der Waals surface area contributed by atoms with Crippen LogP contribution in [-0.2, 0) is 19.1 Å². The van der Waals surface area contributed by atoms with Gasteiger partial charge in [0.2, 0.25) is 12.2 Å². The summed E-state index contributed by atoms with van der Waals surface area (Å²) in [6.45, 7) is 0. The number of H-pyrrole nitrogens is 4. The Bertz CT molecular complexity index is 5990. The number of aromatic nitrogens is 8. The van der Waals surface area contributed by atoms with Crippen molar-refractivity contribution < 1.29 is 23.9 Å². The van der Waals surface area contributed by atoms with Crippen molar-refractivity contribution in [2.45, 2.75) is 12.2 Å². The Morgan fingerprint density at radius 2 is 0.417 bits per heavy atom. The summed E-state index contributed by atoms with van der Waals surface area (Å²) in [5.74, 6) is -1.53. The minimum atomic E-state index is -1.64. The molecular formula is C93H62N10O5. The third kappa shape index (κ3) is 11.9. The second-order valence-corrected chi connectivity index (χ2v) is 26.7. The van der Waals surface area contributed by atoms with Crippen molar-refractivity contribution in [1.29, 1.82) is 0 Å². The fourth-order valence-electron chi connectivity index (χ4n) is 15.1. The Morgan fingerprint density at radius 3 is 0.602 bits per heavy atom. The number of aromatic amines is 4. The lowest BCUT2D eigenvalue weighted by molar-refractivity contribution is -0.131. The SMILES string of the molecule is O=C1O[C@@H](C(=O)Nc2ccc(-c3c4nc(c(-c5ccccc5)c5ccc([nH]5)c(-c5ccccc5)c5nc(c(-c6ccccc6)c6ccc3[nH]6)C=C5)C=C4)cc2)[C@H](C(=O)Nc2ccc(-c3c4nc(c(-c5ccccc5)c5ccc([nH]5)c(-c5ccccc5)c5nc(c(-c6ccccc6)c6ccc3[nH]6)C=C5)C=C4)cc2)O1. The van der Waals surface area contributed by atoms with E-state index in [2.05, 4.69) is 176 Å². The molecule has 8 aromatic carbocycles. The normalized spacial score (nSPS) is 14.0.